The number of aliphatic hydroxyl groups is 1. The SMILES string of the molecule is CCOC1=NC(c2nc3ncc(NS(=O)(=O)CC4CC(O)C4)nc3n2-c2c(O)cccc2OC)=C=C=C1. The van der Waals surface area contributed by atoms with Gasteiger partial charge in [-0.05, 0) is 43.5 Å². The fourth-order valence-corrected chi connectivity index (χ4v) is 5.58. The van der Waals surface area contributed by atoms with Crippen molar-refractivity contribution in [3.8, 4) is 17.2 Å². The van der Waals surface area contributed by atoms with Crippen molar-refractivity contribution in [3.05, 3.63) is 47.8 Å². The molecule has 3 N–H and O–H groups in total. The maximum absolute atomic E-state index is 12.7. The lowest BCUT2D eigenvalue weighted by Crippen LogP contribution is -2.35. The van der Waals surface area contributed by atoms with Crippen molar-refractivity contribution in [2.24, 2.45) is 10.9 Å². The van der Waals surface area contributed by atoms with Crippen LogP contribution in [0.4, 0.5) is 5.82 Å². The Morgan fingerprint density at radius 1 is 1.27 bits per heavy atom. The van der Waals surface area contributed by atoms with Gasteiger partial charge in [-0.15, -0.1) is 0 Å². The molecule has 12 nitrogen and oxygen atoms in total. The Morgan fingerprint density at radius 3 is 2.81 bits per heavy atom. The van der Waals surface area contributed by atoms with Gasteiger partial charge in [0.15, 0.2) is 28.6 Å². The molecule has 3 heterocycles. The highest BCUT2D eigenvalue weighted by atomic mass is 32.2. The number of aliphatic hydroxyl groups excluding tert-OH is 1. The highest BCUT2D eigenvalue weighted by Gasteiger charge is 2.32. The number of nitrogens with zero attached hydrogens (tertiary/aromatic N) is 5. The van der Waals surface area contributed by atoms with E-state index >= 15 is 0 Å². The van der Waals surface area contributed by atoms with Crippen molar-refractivity contribution in [1.29, 1.82) is 0 Å². The summed E-state index contributed by atoms with van der Waals surface area (Å²) in [5.74, 6) is 0.387. The summed E-state index contributed by atoms with van der Waals surface area (Å²) >= 11 is 0. The molecule has 13 heteroatoms. The zero-order valence-corrected chi connectivity index (χ0v) is 20.9. The summed E-state index contributed by atoms with van der Waals surface area (Å²) in [5, 5.41) is 20.3. The molecule has 0 bridgehead atoms. The van der Waals surface area contributed by atoms with E-state index in [0.717, 1.165) is 0 Å². The first-order chi connectivity index (χ1) is 17.8. The Balaban J connectivity index is 1.65. The number of hydrogen-bond acceptors (Lipinski definition) is 10. The van der Waals surface area contributed by atoms with E-state index in [1.807, 2.05) is 6.92 Å². The van der Waals surface area contributed by atoms with Gasteiger partial charge in [0.05, 0.1) is 37.8 Å². The Hall–Kier alpha value is -4.15. The normalized spacial score (nSPS) is 18.8. The van der Waals surface area contributed by atoms with E-state index in [4.69, 9.17) is 9.47 Å². The topological polar surface area (TPSA) is 161 Å². The molecule has 1 fully saturated rings. The Kier molecular flexibility index (Phi) is 6.45. The summed E-state index contributed by atoms with van der Waals surface area (Å²) in [5.41, 5.74) is 6.49. The molecule has 3 aromatic rings. The zero-order valence-electron chi connectivity index (χ0n) is 20.0. The van der Waals surface area contributed by atoms with Gasteiger partial charge in [0.2, 0.25) is 15.9 Å². The number of methoxy groups -OCH3 is 1. The largest absolute Gasteiger partial charge is 0.506 e. The number of anilines is 1. The number of phenols is 1. The van der Waals surface area contributed by atoms with Crippen molar-refractivity contribution in [1.82, 2.24) is 19.5 Å². The fourth-order valence-electron chi connectivity index (χ4n) is 4.18. The molecule has 1 saturated carbocycles. The number of rotatable bonds is 8. The molecule has 0 saturated heterocycles. The molecule has 192 valence electrons. The predicted octanol–water partition coefficient (Wildman–Crippen LogP) is 2.14. The number of nitrogens with one attached hydrogen (secondary N) is 1. The van der Waals surface area contributed by atoms with Crippen molar-refractivity contribution >= 4 is 38.7 Å². The molecular formula is C24H24N6O6S. The minimum atomic E-state index is -3.75. The van der Waals surface area contributed by atoms with Crippen LogP contribution in [0.25, 0.3) is 22.7 Å². The van der Waals surface area contributed by atoms with Gasteiger partial charge < -0.3 is 19.7 Å². The number of phenolic OH excluding ortho intramolecular Hbond substituents is 1. The highest BCUT2D eigenvalue weighted by molar-refractivity contribution is 7.92. The minimum Gasteiger partial charge on any atom is -0.506 e. The number of sulfonamides is 1. The molecule has 0 atom stereocenters. The van der Waals surface area contributed by atoms with Crippen molar-refractivity contribution < 1.29 is 28.1 Å². The second-order valence-electron chi connectivity index (χ2n) is 8.52. The average molecular weight is 525 g/mol. The summed E-state index contributed by atoms with van der Waals surface area (Å²) in [7, 11) is -2.30. The summed E-state index contributed by atoms with van der Waals surface area (Å²) in [6.07, 6.45) is 3.22. The van der Waals surface area contributed by atoms with Crippen LogP contribution in [0.3, 0.4) is 0 Å². The van der Waals surface area contributed by atoms with Crippen LogP contribution in [0.5, 0.6) is 11.5 Å². The molecule has 0 spiro atoms. The molecule has 2 aromatic heterocycles. The van der Waals surface area contributed by atoms with Gasteiger partial charge in [0.25, 0.3) is 0 Å². The number of aromatic hydroxyl groups is 1. The third-order valence-corrected chi connectivity index (χ3v) is 7.26. The number of fused-ring (bicyclic) bond motifs is 1. The molecule has 1 aliphatic carbocycles. The lowest BCUT2D eigenvalue weighted by molar-refractivity contribution is 0.0526. The van der Waals surface area contributed by atoms with Crippen LogP contribution in [0.15, 0.2) is 46.9 Å². The molecule has 2 aliphatic rings. The van der Waals surface area contributed by atoms with Crippen LogP contribution < -0.4 is 9.46 Å². The number of ether oxygens (including phenoxy) is 2. The monoisotopic (exact) mass is 524 g/mol. The Morgan fingerprint density at radius 2 is 2.08 bits per heavy atom. The van der Waals surface area contributed by atoms with E-state index in [-0.39, 0.29) is 51.7 Å². The Bertz CT molecular complexity index is 1610. The smallest absolute Gasteiger partial charge is 0.234 e. The van der Waals surface area contributed by atoms with Crippen molar-refractivity contribution in [3.63, 3.8) is 0 Å². The third-order valence-electron chi connectivity index (χ3n) is 5.83. The van der Waals surface area contributed by atoms with Crippen molar-refractivity contribution in [2.45, 2.75) is 25.9 Å². The summed E-state index contributed by atoms with van der Waals surface area (Å²) < 4.78 is 40.3. The number of hydrogen-bond donors (Lipinski definition) is 3. The van der Waals surface area contributed by atoms with Crippen molar-refractivity contribution in [2.75, 3.05) is 24.2 Å². The van der Waals surface area contributed by atoms with E-state index < -0.39 is 16.1 Å². The number of aromatic nitrogens is 4. The van der Waals surface area contributed by atoms with E-state index in [1.54, 1.807) is 12.1 Å². The summed E-state index contributed by atoms with van der Waals surface area (Å²) in [4.78, 5) is 17.7. The number of aliphatic imine (C=N–C) groups is 1. The number of imidazole rings is 1. The van der Waals surface area contributed by atoms with Gasteiger partial charge >= 0.3 is 0 Å². The van der Waals surface area contributed by atoms with Crippen LogP contribution in [0.2, 0.25) is 0 Å². The maximum atomic E-state index is 12.7. The quantitative estimate of drug-likeness (QED) is 0.375. The van der Waals surface area contributed by atoms with Gasteiger partial charge in [-0.3, -0.25) is 9.29 Å². The standard InChI is InChI=1S/C24H24N6O6S/c1-3-36-20-9-4-6-16(26-20)23-28-22-24(30(23)21-17(32)7-5-8-18(21)35-2)27-19(12-25-22)29-37(33,34)13-14-10-15(31)11-14/h5,7-9,12,14-15,31-32H,3,10-11,13H2,1-2H3,(H,27,29). The number of benzene rings is 1. The van der Waals surface area contributed by atoms with E-state index in [9.17, 15) is 18.6 Å². The maximum Gasteiger partial charge on any atom is 0.234 e. The molecule has 0 amide bonds. The first kappa shape index (κ1) is 24.5. The van der Waals surface area contributed by atoms with E-state index in [0.29, 0.717) is 31.1 Å². The van der Waals surface area contributed by atoms with Gasteiger partial charge in [0.1, 0.15) is 17.2 Å². The zero-order chi connectivity index (χ0) is 26.2. The average Bonchev–Trinajstić information content (AvgIpc) is 3.21. The highest BCUT2D eigenvalue weighted by Crippen LogP contribution is 2.37. The summed E-state index contributed by atoms with van der Waals surface area (Å²) in [6.45, 7) is 2.21. The van der Waals surface area contributed by atoms with Gasteiger partial charge in [-0.2, -0.15) is 0 Å². The summed E-state index contributed by atoms with van der Waals surface area (Å²) in [6, 6.07) is 4.74. The Labute approximate surface area is 212 Å². The lowest BCUT2D eigenvalue weighted by atomic mass is 9.84. The fraction of sp³-hybridized carbons (Fsp3) is 0.333. The molecule has 0 radical (unpaired) electrons. The molecule has 0 unspecified atom stereocenters. The molecule has 1 aromatic carbocycles. The van der Waals surface area contributed by atoms with Gasteiger partial charge in [-0.25, -0.2) is 28.4 Å². The van der Waals surface area contributed by atoms with E-state index in [1.165, 1.54) is 30.0 Å². The predicted molar refractivity (Wildman–Crippen MR) is 135 cm³/mol. The van der Waals surface area contributed by atoms with Crippen LogP contribution >= 0.6 is 0 Å². The second-order valence-corrected chi connectivity index (χ2v) is 10.3. The molecular weight excluding hydrogens is 500 g/mol. The first-order valence-corrected chi connectivity index (χ1v) is 13.2. The molecule has 1 aliphatic heterocycles. The van der Waals surface area contributed by atoms with Crippen LogP contribution in [0, 0.1) is 5.92 Å². The van der Waals surface area contributed by atoms with Crippen LogP contribution in [0.1, 0.15) is 25.6 Å². The van der Waals surface area contributed by atoms with E-state index in [2.05, 4.69) is 36.1 Å². The molecule has 5 rings (SSSR count). The number of para-hydroxylation sites is 1. The van der Waals surface area contributed by atoms with Gasteiger partial charge in [-0.1, -0.05) is 11.8 Å². The lowest BCUT2D eigenvalue weighted by Gasteiger charge is -2.30. The molecule has 37 heavy (non-hydrogen) atoms. The third kappa shape index (κ3) is 4.93. The van der Waals surface area contributed by atoms with Gasteiger partial charge in [0, 0.05) is 0 Å². The van der Waals surface area contributed by atoms with Crippen LogP contribution in [-0.4, -0.2) is 69.6 Å². The minimum absolute atomic E-state index is 0.0268. The second kappa shape index (κ2) is 9.72. The van der Waals surface area contributed by atoms with Crippen LogP contribution in [-0.2, 0) is 14.8 Å². The first-order valence-electron chi connectivity index (χ1n) is 11.5.